The lowest BCUT2D eigenvalue weighted by Gasteiger charge is -2.21. The number of benzene rings is 2. The van der Waals surface area contributed by atoms with Gasteiger partial charge in [0.25, 0.3) is 5.91 Å². The Morgan fingerprint density at radius 1 is 1.04 bits per heavy atom. The van der Waals surface area contributed by atoms with Gasteiger partial charge < -0.3 is 19.7 Å². The van der Waals surface area contributed by atoms with Gasteiger partial charge in [-0.3, -0.25) is 4.79 Å². The molecule has 2 aromatic carbocycles. The Balaban J connectivity index is 1.90. The Bertz CT molecular complexity index is 689. The van der Waals surface area contributed by atoms with Crippen LogP contribution in [0.2, 0.25) is 0 Å². The van der Waals surface area contributed by atoms with Gasteiger partial charge >= 0.3 is 0 Å². The van der Waals surface area contributed by atoms with E-state index in [9.17, 15) is 4.79 Å². The molecule has 5 nitrogen and oxygen atoms in total. The van der Waals surface area contributed by atoms with Gasteiger partial charge in [-0.15, -0.1) is 0 Å². The highest BCUT2D eigenvalue weighted by molar-refractivity contribution is 5.79. The van der Waals surface area contributed by atoms with Crippen LogP contribution in [0.3, 0.4) is 0 Å². The first-order chi connectivity index (χ1) is 12.0. The zero-order chi connectivity index (χ0) is 18.2. The first-order valence-electron chi connectivity index (χ1n) is 8.40. The normalized spacial score (nSPS) is 13.0. The molecule has 2 N–H and O–H groups in total. The zero-order valence-electron chi connectivity index (χ0n) is 15.3. The predicted octanol–water partition coefficient (Wildman–Crippen LogP) is 1.42. The van der Waals surface area contributed by atoms with Crippen molar-refractivity contribution in [2.24, 2.45) is 0 Å². The van der Waals surface area contributed by atoms with E-state index in [2.05, 4.69) is 17.4 Å². The molecule has 1 unspecified atom stereocenters. The number of carbonyl (C=O) groups excluding carboxylic acids is 1. The van der Waals surface area contributed by atoms with Gasteiger partial charge in [-0.2, -0.15) is 0 Å². The van der Waals surface area contributed by atoms with Gasteiger partial charge in [-0.05, 0) is 24.6 Å². The summed E-state index contributed by atoms with van der Waals surface area (Å²) in [5, 5.41) is 3.00. The van der Waals surface area contributed by atoms with Crippen LogP contribution in [0.1, 0.15) is 18.1 Å². The van der Waals surface area contributed by atoms with Crippen LogP contribution in [0.5, 0.6) is 11.5 Å². The average molecular weight is 343 g/mol. The van der Waals surface area contributed by atoms with Crippen LogP contribution >= 0.6 is 0 Å². The van der Waals surface area contributed by atoms with Gasteiger partial charge in [0.15, 0.2) is 17.5 Å². The van der Waals surface area contributed by atoms with E-state index in [-0.39, 0.29) is 11.9 Å². The number of quaternary nitrogens is 1. The average Bonchev–Trinajstić information content (AvgIpc) is 2.65. The third kappa shape index (κ3) is 5.22. The van der Waals surface area contributed by atoms with Gasteiger partial charge in [0.2, 0.25) is 0 Å². The summed E-state index contributed by atoms with van der Waals surface area (Å²) in [4.78, 5) is 13.6. The van der Waals surface area contributed by atoms with Crippen LogP contribution in [0.4, 0.5) is 0 Å². The molecular weight excluding hydrogens is 316 g/mol. The maximum atomic E-state index is 12.4. The van der Waals surface area contributed by atoms with E-state index in [0.29, 0.717) is 18.0 Å². The molecule has 0 aromatic heterocycles. The number of hydrogen-bond acceptors (Lipinski definition) is 3. The van der Waals surface area contributed by atoms with Crippen molar-refractivity contribution in [2.75, 3.05) is 21.3 Å². The van der Waals surface area contributed by atoms with E-state index in [1.54, 1.807) is 14.2 Å². The molecule has 2 aromatic rings. The van der Waals surface area contributed by atoms with E-state index in [1.165, 1.54) is 5.56 Å². The maximum Gasteiger partial charge on any atom is 0.278 e. The van der Waals surface area contributed by atoms with Crippen molar-refractivity contribution in [2.45, 2.75) is 26.1 Å². The van der Waals surface area contributed by atoms with Crippen LogP contribution in [0, 0.1) is 0 Å². The number of likely N-dealkylation sites (N-methyl/N-ethyl adjacent to an activating group) is 1. The molecule has 0 heterocycles. The van der Waals surface area contributed by atoms with E-state index in [1.807, 2.05) is 50.4 Å². The molecule has 0 fully saturated rings. The van der Waals surface area contributed by atoms with E-state index in [0.717, 1.165) is 17.0 Å². The molecule has 0 aliphatic rings. The Hall–Kier alpha value is -2.53. The van der Waals surface area contributed by atoms with E-state index < -0.39 is 0 Å². The van der Waals surface area contributed by atoms with Gasteiger partial charge in [-0.25, -0.2) is 0 Å². The molecule has 134 valence electrons. The SMILES string of the molecule is COc1ccc(CNC(=O)[C@@H](C)[NH+](C)Cc2ccccc2)cc1OC. The Morgan fingerprint density at radius 2 is 1.72 bits per heavy atom. The molecule has 0 saturated carbocycles. The summed E-state index contributed by atoms with van der Waals surface area (Å²) >= 11 is 0. The fourth-order valence-corrected chi connectivity index (χ4v) is 2.63. The van der Waals surface area contributed by atoms with Crippen LogP contribution in [-0.4, -0.2) is 33.2 Å². The smallest absolute Gasteiger partial charge is 0.278 e. The first kappa shape index (κ1) is 18.8. The fraction of sp³-hybridized carbons (Fsp3) is 0.350. The van der Waals surface area contributed by atoms with Crippen molar-refractivity contribution >= 4 is 5.91 Å². The number of hydrogen-bond donors (Lipinski definition) is 2. The van der Waals surface area contributed by atoms with Crippen molar-refractivity contribution in [3.8, 4) is 11.5 Å². The predicted molar refractivity (Wildman–Crippen MR) is 97.9 cm³/mol. The molecule has 0 aliphatic heterocycles. The molecule has 0 saturated heterocycles. The van der Waals surface area contributed by atoms with Gasteiger partial charge in [-0.1, -0.05) is 36.4 Å². The molecule has 25 heavy (non-hydrogen) atoms. The van der Waals surface area contributed by atoms with E-state index in [4.69, 9.17) is 9.47 Å². The molecule has 1 amide bonds. The van der Waals surface area contributed by atoms with Crippen molar-refractivity contribution in [3.63, 3.8) is 0 Å². The van der Waals surface area contributed by atoms with Crippen LogP contribution in [-0.2, 0) is 17.9 Å². The second kappa shape index (κ2) is 9.08. The minimum atomic E-state index is -0.139. The molecule has 2 rings (SSSR count). The number of methoxy groups -OCH3 is 2. The fourth-order valence-electron chi connectivity index (χ4n) is 2.63. The summed E-state index contributed by atoms with van der Waals surface area (Å²) < 4.78 is 10.5. The van der Waals surface area contributed by atoms with Crippen LogP contribution in [0.25, 0.3) is 0 Å². The number of ether oxygens (including phenoxy) is 2. The summed E-state index contributed by atoms with van der Waals surface area (Å²) in [6.07, 6.45) is 0. The van der Waals surface area contributed by atoms with Gasteiger partial charge in [0, 0.05) is 12.1 Å². The third-order valence-corrected chi connectivity index (χ3v) is 4.37. The summed E-state index contributed by atoms with van der Waals surface area (Å²) in [6.45, 7) is 3.22. The molecule has 0 bridgehead atoms. The largest absolute Gasteiger partial charge is 0.493 e. The van der Waals surface area contributed by atoms with Crippen molar-refractivity contribution in [3.05, 3.63) is 59.7 Å². The molecule has 2 atom stereocenters. The molecular formula is C20H27N2O3+. The topological polar surface area (TPSA) is 52.0 Å². The summed E-state index contributed by atoms with van der Waals surface area (Å²) in [6, 6.07) is 15.7. The Morgan fingerprint density at radius 3 is 2.36 bits per heavy atom. The summed E-state index contributed by atoms with van der Waals surface area (Å²) in [7, 11) is 5.24. The highest BCUT2D eigenvalue weighted by atomic mass is 16.5. The highest BCUT2D eigenvalue weighted by Gasteiger charge is 2.21. The zero-order valence-corrected chi connectivity index (χ0v) is 15.3. The summed E-state index contributed by atoms with van der Waals surface area (Å²) in [5.74, 6) is 1.37. The monoisotopic (exact) mass is 343 g/mol. The number of carbonyl (C=O) groups is 1. The molecule has 5 heteroatoms. The number of rotatable bonds is 8. The Labute approximate surface area is 149 Å². The molecule has 0 radical (unpaired) electrons. The second-order valence-electron chi connectivity index (χ2n) is 6.14. The first-order valence-corrected chi connectivity index (χ1v) is 8.40. The van der Waals surface area contributed by atoms with Crippen LogP contribution in [0.15, 0.2) is 48.5 Å². The lowest BCUT2D eigenvalue weighted by molar-refractivity contribution is -0.908. The number of amides is 1. The minimum absolute atomic E-state index is 0.0308. The minimum Gasteiger partial charge on any atom is -0.493 e. The molecule has 0 spiro atoms. The quantitative estimate of drug-likeness (QED) is 0.762. The Kier molecular flexibility index (Phi) is 6.83. The van der Waals surface area contributed by atoms with E-state index >= 15 is 0 Å². The summed E-state index contributed by atoms with van der Waals surface area (Å²) in [5.41, 5.74) is 2.19. The van der Waals surface area contributed by atoms with Crippen molar-refractivity contribution in [1.29, 1.82) is 0 Å². The second-order valence-corrected chi connectivity index (χ2v) is 6.14. The van der Waals surface area contributed by atoms with Gasteiger partial charge in [0.1, 0.15) is 6.54 Å². The standard InChI is InChI=1S/C20H26N2O3/c1-15(22(2)14-16-8-6-5-7-9-16)20(23)21-13-17-10-11-18(24-3)19(12-17)25-4/h5-12,15H,13-14H2,1-4H3,(H,21,23)/p+1/t15-/m1/s1. The van der Waals surface area contributed by atoms with Gasteiger partial charge in [0.05, 0.1) is 21.3 Å². The van der Waals surface area contributed by atoms with Crippen molar-refractivity contribution in [1.82, 2.24) is 5.32 Å². The lowest BCUT2D eigenvalue weighted by atomic mass is 10.1. The number of nitrogens with one attached hydrogen (secondary N) is 2. The highest BCUT2D eigenvalue weighted by Crippen LogP contribution is 2.27. The lowest BCUT2D eigenvalue weighted by Crippen LogP contribution is -3.12. The third-order valence-electron chi connectivity index (χ3n) is 4.37. The van der Waals surface area contributed by atoms with Crippen molar-refractivity contribution < 1.29 is 19.2 Å². The van der Waals surface area contributed by atoms with Crippen LogP contribution < -0.4 is 19.7 Å². The molecule has 0 aliphatic carbocycles. The maximum absolute atomic E-state index is 12.4.